The monoisotopic (exact) mass is 199 g/mol. The van der Waals surface area contributed by atoms with E-state index in [2.05, 4.69) is 34.3 Å². The largest absolute Gasteiger partial charge is 0.370 e. The first kappa shape index (κ1) is 8.53. The van der Waals surface area contributed by atoms with Crippen molar-refractivity contribution in [1.82, 2.24) is 9.78 Å². The van der Waals surface area contributed by atoms with Gasteiger partial charge in [0.1, 0.15) is 0 Å². The highest BCUT2D eigenvalue weighted by Crippen LogP contribution is 2.27. The predicted octanol–water partition coefficient (Wildman–Crippen LogP) is 2.08. The minimum absolute atomic E-state index is 1.16. The molecule has 0 atom stereocenters. The lowest BCUT2D eigenvalue weighted by atomic mass is 10.1. The van der Waals surface area contributed by atoms with Crippen LogP contribution in [0.2, 0.25) is 0 Å². The fourth-order valence-electron chi connectivity index (χ4n) is 1.89. The smallest absolute Gasteiger partial charge is 0.0878 e. The van der Waals surface area contributed by atoms with Crippen molar-refractivity contribution in [1.29, 1.82) is 0 Å². The lowest BCUT2D eigenvalue weighted by molar-refractivity contribution is 0.615. The van der Waals surface area contributed by atoms with E-state index in [4.69, 9.17) is 0 Å². The van der Waals surface area contributed by atoms with E-state index in [0.29, 0.717) is 0 Å². The van der Waals surface area contributed by atoms with Gasteiger partial charge in [0.05, 0.1) is 11.4 Å². The van der Waals surface area contributed by atoms with Gasteiger partial charge in [0.15, 0.2) is 0 Å². The highest BCUT2D eigenvalue weighted by atomic mass is 15.3. The third-order valence-electron chi connectivity index (χ3n) is 2.83. The van der Waals surface area contributed by atoms with Gasteiger partial charge in [-0.15, -0.1) is 0 Å². The van der Waals surface area contributed by atoms with Gasteiger partial charge in [-0.3, -0.25) is 0 Å². The zero-order valence-electron chi connectivity index (χ0n) is 8.50. The van der Waals surface area contributed by atoms with Crippen molar-refractivity contribution in [3.8, 4) is 5.69 Å². The summed E-state index contributed by atoms with van der Waals surface area (Å²) >= 11 is 0. The molecule has 1 aliphatic rings. The zero-order chi connectivity index (χ0) is 10.1. The van der Waals surface area contributed by atoms with Gasteiger partial charge in [0.25, 0.3) is 0 Å². The molecule has 2 heterocycles. The number of aromatic nitrogens is 2. The zero-order valence-corrected chi connectivity index (χ0v) is 8.50. The standard InChI is InChI=1S/C12H13N3/c1-2-6-12(15-10-3-7-13-15)11(5-1)14-8-4-9-14/h1-3,5-7,10H,4,8-9H2. The van der Waals surface area contributed by atoms with E-state index in [1.54, 1.807) is 0 Å². The van der Waals surface area contributed by atoms with Crippen LogP contribution in [-0.2, 0) is 0 Å². The van der Waals surface area contributed by atoms with E-state index in [-0.39, 0.29) is 0 Å². The van der Waals surface area contributed by atoms with Crippen LogP contribution in [-0.4, -0.2) is 22.9 Å². The van der Waals surface area contributed by atoms with E-state index in [1.807, 2.05) is 23.1 Å². The van der Waals surface area contributed by atoms with Crippen LogP contribution in [0.15, 0.2) is 42.7 Å². The van der Waals surface area contributed by atoms with Crippen molar-refractivity contribution >= 4 is 5.69 Å². The molecule has 3 nitrogen and oxygen atoms in total. The maximum absolute atomic E-state index is 4.28. The number of anilines is 1. The van der Waals surface area contributed by atoms with Gasteiger partial charge >= 0.3 is 0 Å². The molecule has 3 rings (SSSR count). The molecule has 3 heteroatoms. The minimum atomic E-state index is 1.16. The molecule has 15 heavy (non-hydrogen) atoms. The van der Waals surface area contributed by atoms with Crippen LogP contribution in [0.4, 0.5) is 5.69 Å². The molecule has 0 N–H and O–H groups in total. The molecule has 1 fully saturated rings. The van der Waals surface area contributed by atoms with Gasteiger partial charge < -0.3 is 4.90 Å². The molecule has 76 valence electrons. The Morgan fingerprint density at radius 1 is 1.00 bits per heavy atom. The third-order valence-corrected chi connectivity index (χ3v) is 2.83. The Morgan fingerprint density at radius 3 is 2.40 bits per heavy atom. The van der Waals surface area contributed by atoms with Gasteiger partial charge in [-0.2, -0.15) is 5.10 Å². The van der Waals surface area contributed by atoms with Gasteiger partial charge in [-0.1, -0.05) is 12.1 Å². The normalized spacial score (nSPS) is 15.1. The van der Waals surface area contributed by atoms with Crippen LogP contribution in [0.1, 0.15) is 6.42 Å². The maximum atomic E-state index is 4.28. The molecule has 0 amide bonds. The average molecular weight is 199 g/mol. The quantitative estimate of drug-likeness (QED) is 0.738. The average Bonchev–Trinajstić information content (AvgIpc) is 2.69. The fourth-order valence-corrected chi connectivity index (χ4v) is 1.89. The second-order valence-electron chi connectivity index (χ2n) is 3.78. The first-order valence-electron chi connectivity index (χ1n) is 5.29. The molecular weight excluding hydrogens is 186 g/mol. The Balaban J connectivity index is 2.06. The SMILES string of the molecule is c1ccc(-n2cccn2)c(N2CCC2)c1. The van der Waals surface area contributed by atoms with Crippen molar-refractivity contribution in [3.05, 3.63) is 42.7 Å². The molecule has 0 unspecified atom stereocenters. The third kappa shape index (κ3) is 1.40. The van der Waals surface area contributed by atoms with Crippen LogP contribution >= 0.6 is 0 Å². The Hall–Kier alpha value is -1.77. The Labute approximate surface area is 88.9 Å². The molecular formula is C12H13N3. The molecule has 0 saturated carbocycles. The molecule has 1 aliphatic heterocycles. The first-order valence-corrected chi connectivity index (χ1v) is 5.29. The molecule has 2 aromatic rings. The second-order valence-corrected chi connectivity index (χ2v) is 3.78. The molecule has 0 spiro atoms. The van der Waals surface area contributed by atoms with E-state index < -0.39 is 0 Å². The summed E-state index contributed by atoms with van der Waals surface area (Å²) < 4.78 is 1.92. The van der Waals surface area contributed by atoms with Crippen molar-refractivity contribution in [2.24, 2.45) is 0 Å². The number of hydrogen-bond donors (Lipinski definition) is 0. The minimum Gasteiger partial charge on any atom is -0.370 e. The van der Waals surface area contributed by atoms with Crippen LogP contribution < -0.4 is 4.90 Å². The van der Waals surface area contributed by atoms with E-state index in [1.165, 1.54) is 17.8 Å². The lowest BCUT2D eigenvalue weighted by Crippen LogP contribution is -2.37. The number of rotatable bonds is 2. The Kier molecular flexibility index (Phi) is 1.95. The summed E-state index contributed by atoms with van der Waals surface area (Å²) in [5.74, 6) is 0. The van der Waals surface area contributed by atoms with Crippen LogP contribution in [0.3, 0.4) is 0 Å². The molecule has 0 radical (unpaired) electrons. The molecule has 0 aliphatic carbocycles. The van der Waals surface area contributed by atoms with Crippen LogP contribution in [0.25, 0.3) is 5.69 Å². The summed E-state index contributed by atoms with van der Waals surface area (Å²) in [5.41, 5.74) is 2.45. The fraction of sp³-hybridized carbons (Fsp3) is 0.250. The second kappa shape index (κ2) is 3.42. The van der Waals surface area contributed by atoms with Gasteiger partial charge in [-0.05, 0) is 24.6 Å². The van der Waals surface area contributed by atoms with E-state index in [9.17, 15) is 0 Å². The summed E-state index contributed by atoms with van der Waals surface area (Å²) in [7, 11) is 0. The number of nitrogens with zero attached hydrogens (tertiary/aromatic N) is 3. The molecule has 0 bridgehead atoms. The van der Waals surface area contributed by atoms with E-state index in [0.717, 1.165) is 13.1 Å². The van der Waals surface area contributed by atoms with Crippen molar-refractivity contribution in [3.63, 3.8) is 0 Å². The summed E-state index contributed by atoms with van der Waals surface area (Å²) in [6.07, 6.45) is 5.10. The van der Waals surface area contributed by atoms with Crippen LogP contribution in [0.5, 0.6) is 0 Å². The molecule has 1 aromatic heterocycles. The predicted molar refractivity (Wildman–Crippen MR) is 60.4 cm³/mol. The van der Waals surface area contributed by atoms with Gasteiger partial charge in [0, 0.05) is 25.5 Å². The Morgan fingerprint density at radius 2 is 1.80 bits per heavy atom. The highest BCUT2D eigenvalue weighted by molar-refractivity contribution is 5.63. The highest BCUT2D eigenvalue weighted by Gasteiger charge is 2.17. The molecule has 1 saturated heterocycles. The first-order chi connectivity index (χ1) is 7.45. The summed E-state index contributed by atoms with van der Waals surface area (Å²) in [6, 6.07) is 10.4. The van der Waals surface area contributed by atoms with Crippen molar-refractivity contribution < 1.29 is 0 Å². The van der Waals surface area contributed by atoms with Gasteiger partial charge in [-0.25, -0.2) is 4.68 Å². The summed E-state index contributed by atoms with van der Waals surface area (Å²) in [5, 5.41) is 4.28. The Bertz CT molecular complexity index is 444. The summed E-state index contributed by atoms with van der Waals surface area (Å²) in [6.45, 7) is 2.33. The summed E-state index contributed by atoms with van der Waals surface area (Å²) in [4.78, 5) is 2.39. The molecule has 1 aromatic carbocycles. The topological polar surface area (TPSA) is 21.1 Å². The lowest BCUT2D eigenvalue weighted by Gasteiger charge is -2.34. The van der Waals surface area contributed by atoms with Crippen molar-refractivity contribution in [2.45, 2.75) is 6.42 Å². The maximum Gasteiger partial charge on any atom is 0.0878 e. The number of benzene rings is 1. The van der Waals surface area contributed by atoms with Crippen molar-refractivity contribution in [2.75, 3.05) is 18.0 Å². The van der Waals surface area contributed by atoms with Gasteiger partial charge in [0.2, 0.25) is 0 Å². The van der Waals surface area contributed by atoms with Crippen LogP contribution in [0, 0.1) is 0 Å². The number of para-hydroxylation sites is 2. The van der Waals surface area contributed by atoms with E-state index >= 15 is 0 Å². The number of hydrogen-bond acceptors (Lipinski definition) is 2.